The van der Waals surface area contributed by atoms with E-state index in [0.29, 0.717) is 0 Å². The summed E-state index contributed by atoms with van der Waals surface area (Å²) in [7, 11) is 1.71. The summed E-state index contributed by atoms with van der Waals surface area (Å²) in [4.78, 5) is 0. The van der Waals surface area contributed by atoms with Gasteiger partial charge in [0.15, 0.2) is 0 Å². The molecule has 1 rings (SSSR count). The molecule has 1 aromatic carbocycles. The molecule has 0 bridgehead atoms. The monoisotopic (exact) mass is 291 g/mol. The van der Waals surface area contributed by atoms with Gasteiger partial charge in [-0.1, -0.05) is 27.5 Å². The molecule has 1 N–H and O–H groups in total. The molecular weight excluding hydrogens is 277 g/mol. The van der Waals surface area contributed by atoms with Gasteiger partial charge in [-0.05, 0) is 36.7 Å². The summed E-state index contributed by atoms with van der Waals surface area (Å²) in [5.41, 5.74) is 1.11. The van der Waals surface area contributed by atoms with Crippen molar-refractivity contribution in [3.05, 3.63) is 33.3 Å². The molecule has 0 aromatic heterocycles. The maximum Gasteiger partial charge on any atom is 0.0474 e. The van der Waals surface area contributed by atoms with Gasteiger partial charge in [0.2, 0.25) is 0 Å². The third-order valence-corrected chi connectivity index (χ3v) is 2.89. The van der Waals surface area contributed by atoms with Crippen molar-refractivity contribution in [1.29, 1.82) is 0 Å². The van der Waals surface area contributed by atoms with Crippen LogP contribution < -0.4 is 5.32 Å². The Balaban J connectivity index is 2.33. The molecule has 2 nitrogen and oxygen atoms in total. The molecular formula is C11H15BrClNO. The van der Waals surface area contributed by atoms with E-state index in [9.17, 15) is 0 Å². The molecule has 0 spiro atoms. The zero-order valence-corrected chi connectivity index (χ0v) is 11.1. The summed E-state index contributed by atoms with van der Waals surface area (Å²) in [6, 6.07) is 5.88. The van der Waals surface area contributed by atoms with Crippen molar-refractivity contribution in [2.75, 3.05) is 20.3 Å². The smallest absolute Gasteiger partial charge is 0.0474 e. The van der Waals surface area contributed by atoms with E-state index in [1.165, 1.54) is 0 Å². The highest BCUT2D eigenvalue weighted by atomic mass is 79.9. The predicted octanol–water partition coefficient (Wildman–Crippen LogP) is 3.23. The highest BCUT2D eigenvalue weighted by Gasteiger charge is 2.00. The summed E-state index contributed by atoms with van der Waals surface area (Å²) < 4.78 is 6.02. The molecule has 0 saturated carbocycles. The van der Waals surface area contributed by atoms with Gasteiger partial charge in [0.1, 0.15) is 0 Å². The van der Waals surface area contributed by atoms with Gasteiger partial charge in [0, 0.05) is 29.8 Å². The molecule has 4 heteroatoms. The molecule has 0 atom stereocenters. The van der Waals surface area contributed by atoms with Crippen LogP contribution in [0, 0.1) is 0 Å². The Labute approximate surface area is 104 Å². The third kappa shape index (κ3) is 4.98. The van der Waals surface area contributed by atoms with Gasteiger partial charge in [0.05, 0.1) is 0 Å². The summed E-state index contributed by atoms with van der Waals surface area (Å²) in [6.45, 7) is 2.53. The summed E-state index contributed by atoms with van der Waals surface area (Å²) >= 11 is 9.47. The van der Waals surface area contributed by atoms with E-state index in [1.807, 2.05) is 18.2 Å². The lowest BCUT2D eigenvalue weighted by Gasteiger charge is -2.06. The van der Waals surface area contributed by atoms with E-state index in [1.54, 1.807) is 7.11 Å². The second-order valence-corrected chi connectivity index (χ2v) is 4.58. The van der Waals surface area contributed by atoms with Gasteiger partial charge in [-0.3, -0.25) is 0 Å². The van der Waals surface area contributed by atoms with E-state index in [0.717, 1.165) is 41.2 Å². The highest BCUT2D eigenvalue weighted by Crippen LogP contribution is 2.20. The number of ether oxygens (including phenoxy) is 1. The van der Waals surface area contributed by atoms with Crippen molar-refractivity contribution in [3.8, 4) is 0 Å². The second-order valence-electron chi connectivity index (χ2n) is 3.26. The third-order valence-electron chi connectivity index (χ3n) is 2.03. The second kappa shape index (κ2) is 7.23. The minimum Gasteiger partial charge on any atom is -0.385 e. The standard InChI is InChI=1S/C11H15BrClNO/c1-15-6-2-5-14-8-9-7-10(12)3-4-11(9)13/h3-4,7,14H,2,5-6,8H2,1H3. The van der Waals surface area contributed by atoms with Crippen LogP contribution in [0.4, 0.5) is 0 Å². The van der Waals surface area contributed by atoms with Crippen LogP contribution in [-0.4, -0.2) is 20.3 Å². The van der Waals surface area contributed by atoms with Crippen molar-refractivity contribution in [2.24, 2.45) is 0 Å². The average Bonchev–Trinajstić information content (AvgIpc) is 2.23. The van der Waals surface area contributed by atoms with Crippen LogP contribution >= 0.6 is 27.5 Å². The minimum absolute atomic E-state index is 0.791. The largest absolute Gasteiger partial charge is 0.385 e. The van der Waals surface area contributed by atoms with Crippen molar-refractivity contribution in [3.63, 3.8) is 0 Å². The number of halogens is 2. The van der Waals surface area contributed by atoms with Crippen LogP contribution in [0.15, 0.2) is 22.7 Å². The normalized spacial score (nSPS) is 10.6. The Kier molecular flexibility index (Phi) is 6.25. The van der Waals surface area contributed by atoms with E-state index >= 15 is 0 Å². The van der Waals surface area contributed by atoms with Gasteiger partial charge < -0.3 is 10.1 Å². The minimum atomic E-state index is 0.791. The van der Waals surface area contributed by atoms with Crippen molar-refractivity contribution < 1.29 is 4.74 Å². The molecule has 84 valence electrons. The number of rotatable bonds is 6. The van der Waals surface area contributed by atoms with Crippen LogP contribution in [-0.2, 0) is 11.3 Å². The lowest BCUT2D eigenvalue weighted by atomic mass is 10.2. The SMILES string of the molecule is COCCCNCc1cc(Br)ccc1Cl. The molecule has 1 aromatic rings. The van der Waals surface area contributed by atoms with Crippen LogP contribution in [0.1, 0.15) is 12.0 Å². The topological polar surface area (TPSA) is 21.3 Å². The fourth-order valence-electron chi connectivity index (χ4n) is 1.24. The van der Waals surface area contributed by atoms with Crippen LogP contribution in [0.3, 0.4) is 0 Å². The number of methoxy groups -OCH3 is 1. The summed E-state index contributed by atoms with van der Waals surface area (Å²) in [5.74, 6) is 0. The van der Waals surface area contributed by atoms with Crippen molar-refractivity contribution >= 4 is 27.5 Å². The molecule has 0 unspecified atom stereocenters. The molecule has 0 radical (unpaired) electrons. The quantitative estimate of drug-likeness (QED) is 0.813. The summed E-state index contributed by atoms with van der Waals surface area (Å²) in [6.07, 6.45) is 1.02. The first-order valence-electron chi connectivity index (χ1n) is 4.87. The number of hydrogen-bond donors (Lipinski definition) is 1. The zero-order chi connectivity index (χ0) is 11.1. The van der Waals surface area contributed by atoms with E-state index < -0.39 is 0 Å². The Morgan fingerprint density at radius 3 is 3.00 bits per heavy atom. The summed E-state index contributed by atoms with van der Waals surface area (Å²) in [5, 5.41) is 4.12. The van der Waals surface area contributed by atoms with E-state index in [-0.39, 0.29) is 0 Å². The van der Waals surface area contributed by atoms with Gasteiger partial charge >= 0.3 is 0 Å². The lowest BCUT2D eigenvalue weighted by Crippen LogP contribution is -2.16. The molecule has 0 amide bonds. The molecule has 0 fully saturated rings. The first-order chi connectivity index (χ1) is 7.24. The maximum atomic E-state index is 6.05. The molecule has 0 aliphatic heterocycles. The molecule has 0 heterocycles. The fraction of sp³-hybridized carbons (Fsp3) is 0.455. The van der Waals surface area contributed by atoms with Crippen LogP contribution in [0.5, 0.6) is 0 Å². The average molecular weight is 293 g/mol. The van der Waals surface area contributed by atoms with Gasteiger partial charge in [-0.25, -0.2) is 0 Å². The van der Waals surface area contributed by atoms with Gasteiger partial charge in [-0.15, -0.1) is 0 Å². The lowest BCUT2D eigenvalue weighted by molar-refractivity contribution is 0.194. The first-order valence-corrected chi connectivity index (χ1v) is 6.04. The Hall–Kier alpha value is -0.0900. The fourth-order valence-corrected chi connectivity index (χ4v) is 1.84. The van der Waals surface area contributed by atoms with Crippen molar-refractivity contribution in [1.82, 2.24) is 5.32 Å². The van der Waals surface area contributed by atoms with Crippen LogP contribution in [0.25, 0.3) is 0 Å². The van der Waals surface area contributed by atoms with Gasteiger partial charge in [0.25, 0.3) is 0 Å². The van der Waals surface area contributed by atoms with E-state index in [2.05, 4.69) is 21.2 Å². The molecule has 0 saturated heterocycles. The number of nitrogens with one attached hydrogen (secondary N) is 1. The molecule has 0 aliphatic carbocycles. The Bertz CT molecular complexity index is 307. The molecule has 15 heavy (non-hydrogen) atoms. The highest BCUT2D eigenvalue weighted by molar-refractivity contribution is 9.10. The Morgan fingerprint density at radius 2 is 2.27 bits per heavy atom. The van der Waals surface area contributed by atoms with E-state index in [4.69, 9.17) is 16.3 Å². The zero-order valence-electron chi connectivity index (χ0n) is 8.72. The number of benzene rings is 1. The Morgan fingerprint density at radius 1 is 1.47 bits per heavy atom. The first kappa shape index (κ1) is 13.0. The number of hydrogen-bond acceptors (Lipinski definition) is 2. The molecule has 0 aliphatic rings. The van der Waals surface area contributed by atoms with Crippen LogP contribution in [0.2, 0.25) is 5.02 Å². The predicted molar refractivity (Wildman–Crippen MR) is 67.4 cm³/mol. The van der Waals surface area contributed by atoms with Gasteiger partial charge in [-0.2, -0.15) is 0 Å². The van der Waals surface area contributed by atoms with Crippen molar-refractivity contribution in [2.45, 2.75) is 13.0 Å². The maximum absolute atomic E-state index is 6.05.